The van der Waals surface area contributed by atoms with Crippen molar-refractivity contribution in [1.29, 1.82) is 0 Å². The zero-order chi connectivity index (χ0) is 14.2. The average Bonchev–Trinajstić information content (AvgIpc) is 2.55. The summed E-state index contributed by atoms with van der Waals surface area (Å²) in [5.74, 6) is 0. The van der Waals surface area contributed by atoms with E-state index in [2.05, 4.69) is 47.8 Å². The molecule has 0 spiro atoms. The second-order valence-corrected chi connectivity index (χ2v) is 5.95. The molecular formula is C19H16ClN. The van der Waals surface area contributed by atoms with Crippen LogP contribution in [0.25, 0.3) is 21.9 Å². The normalized spacial score (nSPS) is 13.8. The molecule has 104 valence electrons. The zero-order valence-corrected chi connectivity index (χ0v) is 12.5. The van der Waals surface area contributed by atoms with Crippen LogP contribution in [0.4, 0.5) is 5.69 Å². The molecular weight excluding hydrogens is 278 g/mol. The van der Waals surface area contributed by atoms with Gasteiger partial charge < -0.3 is 5.32 Å². The van der Waals surface area contributed by atoms with Gasteiger partial charge in [-0.25, -0.2) is 0 Å². The van der Waals surface area contributed by atoms with E-state index in [1.165, 1.54) is 34.2 Å². The number of hydrogen-bond acceptors (Lipinski definition) is 1. The fraction of sp³-hybridized carbons (Fsp3) is 0.158. The number of fused-ring (bicyclic) bond motifs is 2. The van der Waals surface area contributed by atoms with Crippen LogP contribution >= 0.6 is 11.6 Å². The Bertz CT molecular complexity index is 823. The molecule has 1 aliphatic heterocycles. The molecule has 0 aromatic heterocycles. The lowest BCUT2D eigenvalue weighted by Crippen LogP contribution is -2.11. The molecule has 0 unspecified atom stereocenters. The Balaban J connectivity index is 1.92. The molecule has 2 heteroatoms. The minimum atomic E-state index is 0.814. The summed E-state index contributed by atoms with van der Waals surface area (Å²) >= 11 is 6.32. The van der Waals surface area contributed by atoms with E-state index in [4.69, 9.17) is 11.6 Å². The third kappa shape index (κ3) is 2.18. The monoisotopic (exact) mass is 293 g/mol. The van der Waals surface area contributed by atoms with Crippen molar-refractivity contribution in [3.8, 4) is 11.1 Å². The van der Waals surface area contributed by atoms with E-state index >= 15 is 0 Å². The van der Waals surface area contributed by atoms with Crippen molar-refractivity contribution < 1.29 is 0 Å². The van der Waals surface area contributed by atoms with Crippen LogP contribution in [0, 0.1) is 0 Å². The maximum absolute atomic E-state index is 6.32. The number of aryl methyl sites for hydroxylation is 1. The van der Waals surface area contributed by atoms with Gasteiger partial charge in [-0.15, -0.1) is 0 Å². The molecule has 0 atom stereocenters. The van der Waals surface area contributed by atoms with Crippen LogP contribution in [-0.4, -0.2) is 6.54 Å². The van der Waals surface area contributed by atoms with Gasteiger partial charge in [-0.05, 0) is 53.1 Å². The largest absolute Gasteiger partial charge is 0.385 e. The molecule has 0 bridgehead atoms. The predicted octanol–water partition coefficient (Wildman–Crippen LogP) is 5.52. The van der Waals surface area contributed by atoms with Crippen molar-refractivity contribution >= 4 is 28.1 Å². The third-order valence-electron chi connectivity index (χ3n) is 4.23. The lowest BCUT2D eigenvalue weighted by molar-refractivity contribution is 0.831. The van der Waals surface area contributed by atoms with Gasteiger partial charge in [0.05, 0.1) is 0 Å². The Morgan fingerprint density at radius 2 is 1.76 bits per heavy atom. The quantitative estimate of drug-likeness (QED) is 0.623. The first-order valence-electron chi connectivity index (χ1n) is 7.37. The van der Waals surface area contributed by atoms with Crippen molar-refractivity contribution in [3.05, 3.63) is 65.2 Å². The summed E-state index contributed by atoms with van der Waals surface area (Å²) in [6, 6.07) is 19.2. The highest BCUT2D eigenvalue weighted by Crippen LogP contribution is 2.35. The zero-order valence-electron chi connectivity index (χ0n) is 11.7. The molecule has 1 N–H and O–H groups in total. The molecule has 0 fully saturated rings. The first kappa shape index (κ1) is 12.7. The molecule has 1 heterocycles. The van der Waals surface area contributed by atoms with Crippen molar-refractivity contribution in [2.45, 2.75) is 12.8 Å². The van der Waals surface area contributed by atoms with E-state index in [0.29, 0.717) is 0 Å². The summed E-state index contributed by atoms with van der Waals surface area (Å²) < 4.78 is 0. The molecule has 0 aliphatic carbocycles. The SMILES string of the molecule is Clc1ccc(-c2ccc3c(c2)CCCN3)c2ccccc12. The topological polar surface area (TPSA) is 12.0 Å². The Morgan fingerprint density at radius 3 is 2.67 bits per heavy atom. The standard InChI is InChI=1S/C19H16ClN/c20-18-9-8-15(16-5-1-2-6-17(16)18)13-7-10-19-14(12-13)4-3-11-21-19/h1-2,5-10,12,21H,3-4,11H2. The van der Waals surface area contributed by atoms with Gasteiger partial charge in [-0.2, -0.15) is 0 Å². The number of halogens is 1. The summed E-state index contributed by atoms with van der Waals surface area (Å²) in [5, 5.41) is 6.61. The summed E-state index contributed by atoms with van der Waals surface area (Å²) in [5.41, 5.74) is 5.22. The second kappa shape index (κ2) is 5.09. The number of hydrogen-bond donors (Lipinski definition) is 1. The van der Waals surface area contributed by atoms with Crippen LogP contribution in [0.3, 0.4) is 0 Å². The van der Waals surface area contributed by atoms with E-state index < -0.39 is 0 Å². The van der Waals surface area contributed by atoms with Gasteiger partial charge in [-0.1, -0.05) is 48.0 Å². The molecule has 0 amide bonds. The van der Waals surface area contributed by atoms with E-state index in [0.717, 1.165) is 23.4 Å². The summed E-state index contributed by atoms with van der Waals surface area (Å²) in [6.45, 7) is 1.08. The highest BCUT2D eigenvalue weighted by molar-refractivity contribution is 6.36. The van der Waals surface area contributed by atoms with Gasteiger partial charge in [0.2, 0.25) is 0 Å². The van der Waals surface area contributed by atoms with Crippen LogP contribution in [-0.2, 0) is 6.42 Å². The van der Waals surface area contributed by atoms with Gasteiger partial charge in [-0.3, -0.25) is 0 Å². The van der Waals surface area contributed by atoms with Crippen LogP contribution in [0.2, 0.25) is 5.02 Å². The van der Waals surface area contributed by atoms with Crippen molar-refractivity contribution in [3.63, 3.8) is 0 Å². The Hall–Kier alpha value is -1.99. The van der Waals surface area contributed by atoms with Crippen LogP contribution < -0.4 is 5.32 Å². The van der Waals surface area contributed by atoms with Crippen LogP contribution in [0.15, 0.2) is 54.6 Å². The van der Waals surface area contributed by atoms with E-state index in [-0.39, 0.29) is 0 Å². The van der Waals surface area contributed by atoms with Crippen LogP contribution in [0.1, 0.15) is 12.0 Å². The van der Waals surface area contributed by atoms with E-state index in [9.17, 15) is 0 Å². The molecule has 0 saturated carbocycles. The highest BCUT2D eigenvalue weighted by Gasteiger charge is 2.11. The number of anilines is 1. The fourth-order valence-electron chi connectivity index (χ4n) is 3.16. The number of benzene rings is 3. The minimum absolute atomic E-state index is 0.814. The van der Waals surface area contributed by atoms with Gasteiger partial charge in [0.15, 0.2) is 0 Å². The summed E-state index contributed by atoms with van der Waals surface area (Å²) in [6.07, 6.45) is 2.36. The lowest BCUT2D eigenvalue weighted by Gasteiger charge is -2.19. The molecule has 0 saturated heterocycles. The molecule has 3 aromatic carbocycles. The molecule has 1 nitrogen and oxygen atoms in total. The van der Waals surface area contributed by atoms with Gasteiger partial charge in [0.1, 0.15) is 0 Å². The third-order valence-corrected chi connectivity index (χ3v) is 4.56. The Morgan fingerprint density at radius 1 is 0.905 bits per heavy atom. The maximum atomic E-state index is 6.32. The van der Waals surface area contributed by atoms with E-state index in [1.807, 2.05) is 12.1 Å². The summed E-state index contributed by atoms with van der Waals surface area (Å²) in [7, 11) is 0. The van der Waals surface area contributed by atoms with E-state index in [1.54, 1.807) is 0 Å². The van der Waals surface area contributed by atoms with Crippen molar-refractivity contribution in [1.82, 2.24) is 0 Å². The van der Waals surface area contributed by atoms with Crippen molar-refractivity contribution in [2.24, 2.45) is 0 Å². The summed E-state index contributed by atoms with van der Waals surface area (Å²) in [4.78, 5) is 0. The van der Waals surface area contributed by atoms with Gasteiger partial charge in [0.25, 0.3) is 0 Å². The average molecular weight is 294 g/mol. The molecule has 3 aromatic rings. The fourth-order valence-corrected chi connectivity index (χ4v) is 3.38. The first-order valence-corrected chi connectivity index (χ1v) is 7.75. The molecule has 1 aliphatic rings. The molecule has 4 rings (SSSR count). The number of rotatable bonds is 1. The smallest absolute Gasteiger partial charge is 0.0484 e. The number of nitrogens with one attached hydrogen (secondary N) is 1. The maximum Gasteiger partial charge on any atom is 0.0484 e. The first-order chi connectivity index (χ1) is 10.3. The van der Waals surface area contributed by atoms with Gasteiger partial charge in [0, 0.05) is 22.6 Å². The Labute approximate surface area is 129 Å². The highest BCUT2D eigenvalue weighted by atomic mass is 35.5. The Kier molecular flexibility index (Phi) is 3.08. The molecule has 0 radical (unpaired) electrons. The predicted molar refractivity (Wildman–Crippen MR) is 91.2 cm³/mol. The van der Waals surface area contributed by atoms with Crippen molar-refractivity contribution in [2.75, 3.05) is 11.9 Å². The lowest BCUT2D eigenvalue weighted by atomic mass is 9.94. The minimum Gasteiger partial charge on any atom is -0.385 e. The second-order valence-electron chi connectivity index (χ2n) is 5.54. The van der Waals surface area contributed by atoms with Gasteiger partial charge >= 0.3 is 0 Å². The van der Waals surface area contributed by atoms with Crippen LogP contribution in [0.5, 0.6) is 0 Å². The molecule has 21 heavy (non-hydrogen) atoms.